The SMILES string of the molecule is CC/C=C(/C=C\C(C)=C\CCC)CN=C(N/C=C/CCC)c1cc(-c2ccc(OC)cn2)cc(OC)c1C. The van der Waals surface area contributed by atoms with Crippen molar-refractivity contribution in [2.75, 3.05) is 20.8 Å². The second-order valence-electron chi connectivity index (χ2n) is 9.19. The zero-order valence-corrected chi connectivity index (χ0v) is 24.3. The number of aliphatic imine (C=N–C) groups is 1. The Morgan fingerprint density at radius 3 is 2.42 bits per heavy atom. The van der Waals surface area contributed by atoms with Gasteiger partial charge in [-0.2, -0.15) is 0 Å². The number of unbranched alkanes of at least 4 members (excludes halogenated alkanes) is 2. The molecule has 1 aromatic heterocycles. The summed E-state index contributed by atoms with van der Waals surface area (Å²) in [4.78, 5) is 9.66. The molecule has 5 nitrogen and oxygen atoms in total. The van der Waals surface area contributed by atoms with Gasteiger partial charge in [0.2, 0.25) is 0 Å². The molecular weight excluding hydrogens is 470 g/mol. The highest BCUT2D eigenvalue weighted by Gasteiger charge is 2.14. The lowest BCUT2D eigenvalue weighted by Gasteiger charge is -2.16. The first kappa shape index (κ1) is 30.6. The summed E-state index contributed by atoms with van der Waals surface area (Å²) in [7, 11) is 3.34. The molecule has 1 heterocycles. The molecule has 2 rings (SSSR count). The lowest BCUT2D eigenvalue weighted by atomic mass is 10.00. The molecule has 0 radical (unpaired) electrons. The van der Waals surface area contributed by atoms with Gasteiger partial charge in [-0.3, -0.25) is 9.98 Å². The van der Waals surface area contributed by atoms with Crippen LogP contribution in [0.4, 0.5) is 0 Å². The molecular formula is C33H45N3O2. The van der Waals surface area contributed by atoms with Crippen LogP contribution < -0.4 is 14.8 Å². The Labute approximate surface area is 230 Å². The van der Waals surface area contributed by atoms with Crippen LogP contribution in [0.5, 0.6) is 11.5 Å². The normalized spacial score (nSPS) is 13.0. The standard InChI is InChI=1S/C33H45N3O2/c1-8-11-13-20-34-33(36-23-27(14-10-3)17-16-25(4)15-12-9-2)30-21-28(22-32(38-7)26(30)5)31-19-18-29(37-6)24-35-31/h13-22,24H,8-12,23H2,1-7H3,(H,34,36)/b17-16-,20-13+,25-15+,27-14-. The Bertz CT molecular complexity index is 1160. The molecule has 0 saturated heterocycles. The Balaban J connectivity index is 2.52. The highest BCUT2D eigenvalue weighted by molar-refractivity contribution is 6.02. The van der Waals surface area contributed by atoms with E-state index in [0.717, 1.165) is 71.8 Å². The Kier molecular flexibility index (Phi) is 13.7. The lowest BCUT2D eigenvalue weighted by Crippen LogP contribution is -2.21. The van der Waals surface area contributed by atoms with Gasteiger partial charge in [0, 0.05) is 16.7 Å². The molecule has 0 bridgehead atoms. The number of allylic oxidation sites excluding steroid dienone is 5. The average molecular weight is 516 g/mol. The fourth-order valence-corrected chi connectivity index (χ4v) is 3.86. The van der Waals surface area contributed by atoms with Gasteiger partial charge < -0.3 is 14.8 Å². The third-order valence-electron chi connectivity index (χ3n) is 6.10. The summed E-state index contributed by atoms with van der Waals surface area (Å²) in [5.41, 5.74) is 6.27. The highest BCUT2D eigenvalue weighted by atomic mass is 16.5. The number of amidine groups is 1. The van der Waals surface area contributed by atoms with E-state index in [0.29, 0.717) is 6.54 Å². The lowest BCUT2D eigenvalue weighted by molar-refractivity contribution is 0.411. The van der Waals surface area contributed by atoms with Crippen molar-refractivity contribution in [2.24, 2.45) is 4.99 Å². The smallest absolute Gasteiger partial charge is 0.137 e. The van der Waals surface area contributed by atoms with Gasteiger partial charge in [0.1, 0.15) is 17.3 Å². The number of aromatic nitrogens is 1. The van der Waals surface area contributed by atoms with Crippen molar-refractivity contribution in [2.45, 2.75) is 66.7 Å². The Morgan fingerprint density at radius 2 is 1.79 bits per heavy atom. The predicted octanol–water partition coefficient (Wildman–Crippen LogP) is 8.36. The van der Waals surface area contributed by atoms with Crippen molar-refractivity contribution >= 4 is 5.84 Å². The summed E-state index contributed by atoms with van der Waals surface area (Å²) in [5.74, 6) is 2.32. The minimum absolute atomic E-state index is 0.572. The maximum atomic E-state index is 5.77. The first-order chi connectivity index (χ1) is 18.5. The third kappa shape index (κ3) is 9.70. The molecule has 0 saturated carbocycles. The van der Waals surface area contributed by atoms with Crippen LogP contribution in [0.25, 0.3) is 11.3 Å². The van der Waals surface area contributed by atoms with Gasteiger partial charge in [-0.1, -0.05) is 69.6 Å². The molecule has 0 aliphatic rings. The first-order valence-electron chi connectivity index (χ1n) is 13.7. The van der Waals surface area contributed by atoms with Crippen LogP contribution in [0.3, 0.4) is 0 Å². The molecule has 1 aromatic carbocycles. The van der Waals surface area contributed by atoms with Crippen LogP contribution in [0.2, 0.25) is 0 Å². The summed E-state index contributed by atoms with van der Waals surface area (Å²) in [6.45, 7) is 11.3. The van der Waals surface area contributed by atoms with E-state index in [2.05, 4.69) is 81.4 Å². The fourth-order valence-electron chi connectivity index (χ4n) is 3.86. The van der Waals surface area contributed by atoms with Crippen molar-refractivity contribution in [1.82, 2.24) is 10.3 Å². The minimum atomic E-state index is 0.572. The predicted molar refractivity (Wildman–Crippen MR) is 162 cm³/mol. The van der Waals surface area contributed by atoms with E-state index in [-0.39, 0.29) is 0 Å². The van der Waals surface area contributed by atoms with E-state index in [4.69, 9.17) is 14.5 Å². The number of benzene rings is 1. The van der Waals surface area contributed by atoms with E-state index < -0.39 is 0 Å². The van der Waals surface area contributed by atoms with Crippen LogP contribution in [0, 0.1) is 6.92 Å². The van der Waals surface area contributed by atoms with E-state index in [1.54, 1.807) is 20.4 Å². The molecule has 1 N–H and O–H groups in total. The Hall–Kier alpha value is -3.60. The van der Waals surface area contributed by atoms with Gasteiger partial charge in [-0.05, 0) is 69.1 Å². The number of nitrogens with zero attached hydrogens (tertiary/aromatic N) is 2. The van der Waals surface area contributed by atoms with Crippen molar-refractivity contribution < 1.29 is 9.47 Å². The summed E-state index contributed by atoms with van der Waals surface area (Å²) >= 11 is 0. The van der Waals surface area contributed by atoms with Gasteiger partial charge in [0.15, 0.2) is 0 Å². The number of hydrogen-bond acceptors (Lipinski definition) is 4. The van der Waals surface area contributed by atoms with Gasteiger partial charge in [-0.25, -0.2) is 0 Å². The molecule has 38 heavy (non-hydrogen) atoms. The molecule has 0 atom stereocenters. The van der Waals surface area contributed by atoms with Gasteiger partial charge >= 0.3 is 0 Å². The third-order valence-corrected chi connectivity index (χ3v) is 6.10. The number of nitrogens with one attached hydrogen (secondary N) is 1. The van der Waals surface area contributed by atoms with Crippen molar-refractivity contribution in [3.8, 4) is 22.8 Å². The van der Waals surface area contributed by atoms with Crippen LogP contribution in [0.1, 0.15) is 70.9 Å². The van der Waals surface area contributed by atoms with Crippen LogP contribution in [0.15, 0.2) is 83.2 Å². The zero-order chi connectivity index (χ0) is 27.8. The second-order valence-corrected chi connectivity index (χ2v) is 9.19. The van der Waals surface area contributed by atoms with Crippen molar-refractivity contribution in [1.29, 1.82) is 0 Å². The molecule has 5 heteroatoms. The zero-order valence-electron chi connectivity index (χ0n) is 24.3. The maximum Gasteiger partial charge on any atom is 0.137 e. The van der Waals surface area contributed by atoms with Gasteiger partial charge in [-0.15, -0.1) is 0 Å². The van der Waals surface area contributed by atoms with E-state index in [9.17, 15) is 0 Å². The van der Waals surface area contributed by atoms with Gasteiger partial charge in [0.25, 0.3) is 0 Å². The molecule has 2 aromatic rings. The Morgan fingerprint density at radius 1 is 1.00 bits per heavy atom. The van der Waals surface area contributed by atoms with Crippen LogP contribution in [-0.2, 0) is 0 Å². The van der Waals surface area contributed by atoms with E-state index in [1.165, 1.54) is 11.1 Å². The molecule has 0 fully saturated rings. The molecule has 0 unspecified atom stereocenters. The molecule has 0 amide bonds. The first-order valence-corrected chi connectivity index (χ1v) is 13.7. The van der Waals surface area contributed by atoms with Crippen molar-refractivity contribution in [3.63, 3.8) is 0 Å². The number of hydrogen-bond donors (Lipinski definition) is 1. The van der Waals surface area contributed by atoms with Crippen LogP contribution in [-0.4, -0.2) is 31.6 Å². The fraction of sp³-hybridized carbons (Fsp3) is 0.394. The summed E-state index contributed by atoms with van der Waals surface area (Å²) in [6, 6.07) is 8.02. The summed E-state index contributed by atoms with van der Waals surface area (Å²) in [5, 5.41) is 3.46. The maximum absolute atomic E-state index is 5.77. The highest BCUT2D eigenvalue weighted by Crippen LogP contribution is 2.30. The summed E-state index contributed by atoms with van der Waals surface area (Å²) in [6.07, 6.45) is 20.1. The second kappa shape index (κ2) is 17.0. The largest absolute Gasteiger partial charge is 0.496 e. The minimum Gasteiger partial charge on any atom is -0.496 e. The van der Waals surface area contributed by atoms with E-state index >= 15 is 0 Å². The molecule has 0 aliphatic carbocycles. The monoisotopic (exact) mass is 515 g/mol. The number of methoxy groups -OCH3 is 2. The average Bonchev–Trinajstić information content (AvgIpc) is 2.94. The number of pyridine rings is 1. The molecule has 0 aliphatic heterocycles. The topological polar surface area (TPSA) is 55.7 Å². The van der Waals surface area contributed by atoms with Gasteiger partial charge in [0.05, 0.1) is 32.7 Å². The van der Waals surface area contributed by atoms with Crippen molar-refractivity contribution in [3.05, 3.63) is 89.3 Å². The molecule has 204 valence electrons. The van der Waals surface area contributed by atoms with E-state index in [1.807, 2.05) is 24.4 Å². The van der Waals surface area contributed by atoms with Crippen LogP contribution >= 0.6 is 0 Å². The molecule has 0 spiro atoms. The summed E-state index contributed by atoms with van der Waals surface area (Å²) < 4.78 is 11.0. The quantitative estimate of drug-likeness (QED) is 0.156. The number of rotatable bonds is 14. The number of ether oxygens (including phenoxy) is 2.